The molecule has 1 fully saturated rings. The zero-order valence-corrected chi connectivity index (χ0v) is 18.1. The minimum Gasteiger partial charge on any atom is -0.463 e. The van der Waals surface area contributed by atoms with Crippen LogP contribution < -0.4 is 10.2 Å². The Labute approximate surface area is 180 Å². The Morgan fingerprint density at radius 3 is 2.59 bits per heavy atom. The summed E-state index contributed by atoms with van der Waals surface area (Å²) in [7, 11) is 2.16. The molecule has 1 amide bonds. The summed E-state index contributed by atoms with van der Waals surface area (Å²) in [6, 6.07) is 12.0. The van der Waals surface area contributed by atoms with Gasteiger partial charge in [-0.15, -0.1) is 0 Å². The summed E-state index contributed by atoms with van der Waals surface area (Å²) in [4.78, 5) is 17.6. The highest BCUT2D eigenvalue weighted by molar-refractivity contribution is 6.44. The lowest BCUT2D eigenvalue weighted by atomic mass is 10.1. The predicted octanol–water partition coefficient (Wildman–Crippen LogP) is 5.52. The van der Waals surface area contributed by atoms with Gasteiger partial charge in [-0.3, -0.25) is 9.69 Å². The third-order valence-electron chi connectivity index (χ3n) is 5.73. The number of piperazine rings is 1. The lowest BCUT2D eigenvalue weighted by molar-refractivity contribution is 0.102. The van der Waals surface area contributed by atoms with Crippen molar-refractivity contribution in [3.8, 4) is 0 Å². The first-order chi connectivity index (χ1) is 13.8. The van der Waals surface area contributed by atoms with E-state index in [1.54, 1.807) is 18.2 Å². The zero-order chi connectivity index (χ0) is 20.7. The highest BCUT2D eigenvalue weighted by Crippen LogP contribution is 2.32. The average molecular weight is 432 g/mol. The van der Waals surface area contributed by atoms with Gasteiger partial charge in [0.15, 0.2) is 0 Å². The second-order valence-electron chi connectivity index (χ2n) is 7.65. The van der Waals surface area contributed by atoms with Crippen molar-refractivity contribution in [2.24, 2.45) is 0 Å². The molecule has 0 radical (unpaired) electrons. The number of carbonyl (C=O) groups is 1. The van der Waals surface area contributed by atoms with Gasteiger partial charge in [0.05, 0.1) is 21.3 Å². The van der Waals surface area contributed by atoms with Crippen molar-refractivity contribution in [3.05, 3.63) is 58.3 Å². The molecule has 0 spiro atoms. The first-order valence-corrected chi connectivity index (χ1v) is 10.3. The molecule has 1 aliphatic heterocycles. The van der Waals surface area contributed by atoms with Crippen LogP contribution >= 0.6 is 23.2 Å². The Bertz CT molecular complexity index is 1050. The zero-order valence-electron chi connectivity index (χ0n) is 16.6. The summed E-state index contributed by atoms with van der Waals surface area (Å²) in [5, 5.41) is 4.31. The predicted molar refractivity (Wildman–Crippen MR) is 120 cm³/mol. The maximum atomic E-state index is 12.9. The normalized spacial score (nSPS) is 20.2. The van der Waals surface area contributed by atoms with Gasteiger partial charge >= 0.3 is 0 Å². The van der Waals surface area contributed by atoms with Crippen molar-refractivity contribution in [2.45, 2.75) is 25.9 Å². The molecule has 1 N–H and O–H groups in total. The molecule has 2 heterocycles. The van der Waals surface area contributed by atoms with Gasteiger partial charge in [0.1, 0.15) is 11.8 Å². The van der Waals surface area contributed by atoms with E-state index in [9.17, 15) is 4.79 Å². The molecule has 29 heavy (non-hydrogen) atoms. The minimum absolute atomic E-state index is 0.287. The molecule has 1 aliphatic rings. The number of fused-ring (bicyclic) bond motifs is 1. The largest absolute Gasteiger partial charge is 0.463 e. The second kappa shape index (κ2) is 7.90. The van der Waals surface area contributed by atoms with Gasteiger partial charge in [-0.05, 0) is 51.2 Å². The smallest absolute Gasteiger partial charge is 0.259 e. The summed E-state index contributed by atoms with van der Waals surface area (Å²) in [5.74, 6) is -0.287. The number of furan rings is 1. The van der Waals surface area contributed by atoms with Crippen LogP contribution in [0.25, 0.3) is 11.0 Å². The van der Waals surface area contributed by atoms with Crippen molar-refractivity contribution >= 4 is 51.5 Å². The summed E-state index contributed by atoms with van der Waals surface area (Å²) < 4.78 is 5.62. The van der Waals surface area contributed by atoms with Crippen LogP contribution in [0.4, 0.5) is 11.4 Å². The third-order valence-corrected chi connectivity index (χ3v) is 6.55. The molecular formula is C22H23Cl2N3O2. The molecule has 5 nitrogen and oxygen atoms in total. The molecule has 0 aliphatic carbocycles. The second-order valence-corrected chi connectivity index (χ2v) is 8.44. The molecule has 0 bridgehead atoms. The standard InChI is InChI=1S/C22H23Cl2N3O2/c1-13-10-27(11-14(2)26(13)3)15-7-8-20-16(9-15)17(12-29-20)22(28)25-19-6-4-5-18(23)21(19)24/h4-9,12-14H,10-11H2,1-3H3,(H,25,28)/t13-,14+. The first-order valence-electron chi connectivity index (χ1n) is 9.58. The summed E-state index contributed by atoms with van der Waals surface area (Å²) in [6.07, 6.45) is 1.48. The van der Waals surface area contributed by atoms with Crippen LogP contribution in [0.1, 0.15) is 24.2 Å². The van der Waals surface area contributed by atoms with Crippen molar-refractivity contribution < 1.29 is 9.21 Å². The van der Waals surface area contributed by atoms with E-state index < -0.39 is 0 Å². The molecule has 0 saturated carbocycles. The van der Waals surface area contributed by atoms with Gasteiger partial charge in [-0.2, -0.15) is 0 Å². The Morgan fingerprint density at radius 1 is 1.14 bits per heavy atom. The number of rotatable bonds is 3. The molecule has 3 aromatic rings. The number of carbonyl (C=O) groups excluding carboxylic acids is 1. The summed E-state index contributed by atoms with van der Waals surface area (Å²) >= 11 is 12.2. The number of benzene rings is 2. The van der Waals surface area contributed by atoms with Crippen molar-refractivity contribution in [2.75, 3.05) is 30.4 Å². The van der Waals surface area contributed by atoms with E-state index in [1.807, 2.05) is 18.2 Å². The molecule has 1 saturated heterocycles. The van der Waals surface area contributed by atoms with Crippen LogP contribution in [0.3, 0.4) is 0 Å². The topological polar surface area (TPSA) is 48.7 Å². The average Bonchev–Trinajstić information content (AvgIpc) is 3.12. The van der Waals surface area contributed by atoms with E-state index in [0.717, 1.165) is 24.2 Å². The summed E-state index contributed by atoms with van der Waals surface area (Å²) in [6.45, 7) is 6.33. The van der Waals surface area contributed by atoms with E-state index in [1.165, 1.54) is 6.26 Å². The number of nitrogens with zero attached hydrogens (tertiary/aromatic N) is 2. The molecule has 2 atom stereocenters. The molecule has 4 rings (SSSR count). The molecule has 2 aromatic carbocycles. The Morgan fingerprint density at radius 2 is 1.86 bits per heavy atom. The Kier molecular flexibility index (Phi) is 5.47. The number of hydrogen-bond donors (Lipinski definition) is 1. The van der Waals surface area contributed by atoms with Crippen LogP contribution in [0.5, 0.6) is 0 Å². The molecule has 7 heteroatoms. The van der Waals surface area contributed by atoms with Gasteiger partial charge in [0, 0.05) is 36.2 Å². The van der Waals surface area contributed by atoms with Crippen molar-refractivity contribution in [3.63, 3.8) is 0 Å². The fourth-order valence-corrected chi connectivity index (χ4v) is 4.14. The van der Waals surface area contributed by atoms with Gasteiger partial charge in [0.25, 0.3) is 5.91 Å². The van der Waals surface area contributed by atoms with E-state index >= 15 is 0 Å². The van der Waals surface area contributed by atoms with E-state index in [4.69, 9.17) is 27.6 Å². The van der Waals surface area contributed by atoms with E-state index in [2.05, 4.69) is 36.0 Å². The Balaban J connectivity index is 1.63. The number of hydrogen-bond acceptors (Lipinski definition) is 4. The molecule has 0 unspecified atom stereocenters. The molecular weight excluding hydrogens is 409 g/mol. The van der Waals surface area contributed by atoms with Crippen LogP contribution in [-0.2, 0) is 0 Å². The number of amides is 1. The maximum absolute atomic E-state index is 12.9. The van der Waals surface area contributed by atoms with Crippen molar-refractivity contribution in [1.82, 2.24) is 4.90 Å². The Hall–Kier alpha value is -2.21. The molecule has 152 valence electrons. The number of nitrogens with one attached hydrogen (secondary N) is 1. The van der Waals surface area contributed by atoms with E-state index in [-0.39, 0.29) is 5.91 Å². The molecule has 1 aromatic heterocycles. The van der Waals surface area contributed by atoms with Crippen LogP contribution in [0.15, 0.2) is 47.1 Å². The lowest BCUT2D eigenvalue weighted by Crippen LogP contribution is -2.55. The monoisotopic (exact) mass is 431 g/mol. The number of likely N-dealkylation sites (N-methyl/N-ethyl adjacent to an activating group) is 1. The highest BCUT2D eigenvalue weighted by Gasteiger charge is 2.27. The number of anilines is 2. The fraction of sp³-hybridized carbons (Fsp3) is 0.318. The highest BCUT2D eigenvalue weighted by atomic mass is 35.5. The minimum atomic E-state index is -0.287. The van der Waals surface area contributed by atoms with Gasteiger partial charge in [-0.1, -0.05) is 29.3 Å². The fourth-order valence-electron chi connectivity index (χ4n) is 3.79. The van der Waals surface area contributed by atoms with Crippen LogP contribution in [0.2, 0.25) is 10.0 Å². The number of halogens is 2. The first kappa shape index (κ1) is 20.1. The van der Waals surface area contributed by atoms with E-state index in [0.29, 0.717) is 39.0 Å². The van der Waals surface area contributed by atoms with Gasteiger partial charge < -0.3 is 14.6 Å². The SMILES string of the molecule is C[C@@H]1CN(c2ccc3occ(C(=O)Nc4cccc(Cl)c4Cl)c3c2)C[C@H](C)N1C. The quantitative estimate of drug-likeness (QED) is 0.592. The van der Waals surface area contributed by atoms with Crippen molar-refractivity contribution in [1.29, 1.82) is 0 Å². The van der Waals surface area contributed by atoms with Crippen LogP contribution in [0, 0.1) is 0 Å². The van der Waals surface area contributed by atoms with Crippen LogP contribution in [-0.4, -0.2) is 43.0 Å². The lowest BCUT2D eigenvalue weighted by Gasteiger charge is -2.43. The maximum Gasteiger partial charge on any atom is 0.259 e. The van der Waals surface area contributed by atoms with Gasteiger partial charge in [0.2, 0.25) is 0 Å². The summed E-state index contributed by atoms with van der Waals surface area (Å²) in [5.41, 5.74) is 2.69. The van der Waals surface area contributed by atoms with Gasteiger partial charge in [-0.25, -0.2) is 0 Å². The third kappa shape index (κ3) is 3.82.